The fourth-order valence-electron chi connectivity index (χ4n) is 3.19. The van der Waals surface area contributed by atoms with Crippen molar-refractivity contribution in [2.24, 2.45) is 0 Å². The highest BCUT2D eigenvalue weighted by Crippen LogP contribution is 2.34. The van der Waals surface area contributed by atoms with Gasteiger partial charge in [0.05, 0.1) is 5.52 Å². The Kier molecular flexibility index (Phi) is 5.65. The Morgan fingerprint density at radius 3 is 2.82 bits per heavy atom. The minimum Gasteiger partial charge on any atom is -0.384 e. The second-order valence-corrected chi connectivity index (χ2v) is 6.37. The molecule has 120 valence electrons. The summed E-state index contributed by atoms with van der Waals surface area (Å²) in [6.07, 6.45) is 4.70. The molecule has 1 aromatic carbocycles. The summed E-state index contributed by atoms with van der Waals surface area (Å²) in [6, 6.07) is 6.59. The number of halogens is 1. The Bertz CT molecular complexity index is 652. The molecule has 0 saturated heterocycles. The minimum atomic E-state index is 0. The zero-order chi connectivity index (χ0) is 14.8. The van der Waals surface area contributed by atoms with Crippen LogP contribution in [0, 0.1) is 6.92 Å². The maximum Gasteiger partial charge on any atom is 0.0726 e. The highest BCUT2D eigenvalue weighted by atomic mass is 35.5. The average Bonchev–Trinajstić information content (AvgIpc) is 2.90. The van der Waals surface area contributed by atoms with E-state index in [4.69, 9.17) is 4.98 Å². The van der Waals surface area contributed by atoms with E-state index in [-0.39, 0.29) is 12.4 Å². The summed E-state index contributed by atoms with van der Waals surface area (Å²) in [5, 5.41) is 5.00. The predicted molar refractivity (Wildman–Crippen MR) is 97.4 cm³/mol. The summed E-state index contributed by atoms with van der Waals surface area (Å²) in [5.74, 6) is 0. The first-order valence-corrected chi connectivity index (χ1v) is 7.96. The fraction of sp³-hybridized carbons (Fsp3) is 0.500. The third-order valence-corrected chi connectivity index (χ3v) is 4.25. The Balaban J connectivity index is 0.00000176. The van der Waals surface area contributed by atoms with Gasteiger partial charge in [-0.3, -0.25) is 4.98 Å². The number of hydrogen-bond donors (Lipinski definition) is 1. The maximum atomic E-state index is 4.87. The smallest absolute Gasteiger partial charge is 0.0726 e. The number of nitrogens with zero attached hydrogens (tertiary/aromatic N) is 2. The van der Waals surface area contributed by atoms with Crippen molar-refractivity contribution >= 4 is 29.0 Å². The van der Waals surface area contributed by atoms with E-state index in [0.29, 0.717) is 0 Å². The van der Waals surface area contributed by atoms with Crippen LogP contribution in [0.25, 0.3) is 10.9 Å². The van der Waals surface area contributed by atoms with Gasteiger partial charge in [0.25, 0.3) is 0 Å². The molecule has 0 atom stereocenters. The van der Waals surface area contributed by atoms with Crippen LogP contribution in [0.4, 0.5) is 5.69 Å². The summed E-state index contributed by atoms with van der Waals surface area (Å²) in [7, 11) is 4.26. The molecule has 0 unspecified atom stereocenters. The molecule has 4 heteroatoms. The van der Waals surface area contributed by atoms with Gasteiger partial charge in [-0.05, 0) is 70.9 Å². The third kappa shape index (κ3) is 3.53. The third-order valence-electron chi connectivity index (χ3n) is 4.25. The van der Waals surface area contributed by atoms with Crippen molar-refractivity contribution in [2.75, 3.05) is 32.5 Å². The minimum absolute atomic E-state index is 0. The number of hydrogen-bond acceptors (Lipinski definition) is 3. The molecule has 0 fully saturated rings. The van der Waals surface area contributed by atoms with E-state index in [0.717, 1.165) is 31.4 Å². The van der Waals surface area contributed by atoms with E-state index in [1.165, 1.54) is 40.7 Å². The lowest BCUT2D eigenvalue weighted by Gasteiger charge is -2.16. The van der Waals surface area contributed by atoms with Crippen LogP contribution in [-0.2, 0) is 12.8 Å². The maximum absolute atomic E-state index is 4.87. The molecule has 3 rings (SSSR count). The predicted octanol–water partition coefficient (Wildman–Crippen LogP) is 3.82. The van der Waals surface area contributed by atoms with Gasteiger partial charge < -0.3 is 10.2 Å². The van der Waals surface area contributed by atoms with Crippen LogP contribution in [0.15, 0.2) is 18.2 Å². The molecule has 1 N–H and O–H groups in total. The lowest BCUT2D eigenvalue weighted by Crippen LogP contribution is -2.17. The Morgan fingerprint density at radius 1 is 1.23 bits per heavy atom. The first-order valence-electron chi connectivity index (χ1n) is 7.96. The standard InChI is InChI=1S/C18H25N3.ClH/c1-13-8-9-17-15(12-13)18(19-10-5-11-21(2)3)14-6-4-7-16(14)20-17;/h8-9,12H,4-7,10-11H2,1-3H3,(H,19,20);1H. The largest absolute Gasteiger partial charge is 0.384 e. The molecule has 0 radical (unpaired) electrons. The van der Waals surface area contributed by atoms with Crippen LogP contribution >= 0.6 is 12.4 Å². The molecular formula is C18H26ClN3. The highest BCUT2D eigenvalue weighted by molar-refractivity contribution is 5.94. The van der Waals surface area contributed by atoms with E-state index >= 15 is 0 Å². The van der Waals surface area contributed by atoms with Gasteiger partial charge in [-0.1, -0.05) is 11.6 Å². The molecule has 0 aliphatic heterocycles. The summed E-state index contributed by atoms with van der Waals surface area (Å²) in [4.78, 5) is 7.10. The summed E-state index contributed by atoms with van der Waals surface area (Å²) < 4.78 is 0. The molecule has 1 aromatic heterocycles. The molecule has 22 heavy (non-hydrogen) atoms. The van der Waals surface area contributed by atoms with Crippen molar-refractivity contribution in [1.29, 1.82) is 0 Å². The monoisotopic (exact) mass is 319 g/mol. The second kappa shape index (κ2) is 7.30. The number of pyridine rings is 1. The van der Waals surface area contributed by atoms with Crippen molar-refractivity contribution < 1.29 is 0 Å². The van der Waals surface area contributed by atoms with Gasteiger partial charge in [0.15, 0.2) is 0 Å². The molecule has 1 aliphatic rings. The molecule has 0 amide bonds. The normalized spacial score (nSPS) is 13.3. The summed E-state index contributed by atoms with van der Waals surface area (Å²) >= 11 is 0. The second-order valence-electron chi connectivity index (χ2n) is 6.37. The van der Waals surface area contributed by atoms with Gasteiger partial charge in [-0.25, -0.2) is 0 Å². The molecule has 1 aliphatic carbocycles. The van der Waals surface area contributed by atoms with Gasteiger partial charge in [0.1, 0.15) is 0 Å². The van der Waals surface area contributed by atoms with Crippen LogP contribution in [0.5, 0.6) is 0 Å². The van der Waals surface area contributed by atoms with Crippen LogP contribution in [-0.4, -0.2) is 37.1 Å². The van der Waals surface area contributed by atoms with Crippen LogP contribution < -0.4 is 5.32 Å². The average molecular weight is 320 g/mol. The van der Waals surface area contributed by atoms with Crippen LogP contribution in [0.1, 0.15) is 29.7 Å². The van der Waals surface area contributed by atoms with Crippen molar-refractivity contribution in [1.82, 2.24) is 9.88 Å². The van der Waals surface area contributed by atoms with E-state index in [1.54, 1.807) is 0 Å². The zero-order valence-corrected chi connectivity index (χ0v) is 14.6. The number of benzene rings is 1. The van der Waals surface area contributed by atoms with Crippen molar-refractivity contribution in [3.8, 4) is 0 Å². The number of fused-ring (bicyclic) bond motifs is 2. The van der Waals surface area contributed by atoms with Crippen LogP contribution in [0.3, 0.4) is 0 Å². The quantitative estimate of drug-likeness (QED) is 0.849. The fourth-order valence-corrected chi connectivity index (χ4v) is 3.19. The number of nitrogens with one attached hydrogen (secondary N) is 1. The SMILES string of the molecule is Cc1ccc2nc3c(c(NCCCN(C)C)c2c1)CCC3.Cl. The molecule has 3 nitrogen and oxygen atoms in total. The number of aromatic nitrogens is 1. The molecule has 0 bridgehead atoms. The van der Waals surface area contributed by atoms with E-state index in [2.05, 4.69) is 49.4 Å². The van der Waals surface area contributed by atoms with Crippen LogP contribution in [0.2, 0.25) is 0 Å². The Hall–Kier alpha value is -1.32. The molecule has 0 spiro atoms. The molecule has 1 heterocycles. The van der Waals surface area contributed by atoms with Crippen molar-refractivity contribution in [3.63, 3.8) is 0 Å². The van der Waals surface area contributed by atoms with Gasteiger partial charge in [-0.2, -0.15) is 0 Å². The van der Waals surface area contributed by atoms with Crippen molar-refractivity contribution in [2.45, 2.75) is 32.6 Å². The lowest BCUT2D eigenvalue weighted by molar-refractivity contribution is 0.405. The number of anilines is 1. The van der Waals surface area contributed by atoms with Crippen molar-refractivity contribution in [3.05, 3.63) is 35.0 Å². The van der Waals surface area contributed by atoms with Gasteiger partial charge in [0, 0.05) is 23.3 Å². The lowest BCUT2D eigenvalue weighted by atomic mass is 10.0. The van der Waals surface area contributed by atoms with Gasteiger partial charge in [0.2, 0.25) is 0 Å². The molecular weight excluding hydrogens is 294 g/mol. The molecule has 2 aromatic rings. The Labute approximate surface area is 139 Å². The number of aryl methyl sites for hydroxylation is 2. The van der Waals surface area contributed by atoms with E-state index in [9.17, 15) is 0 Å². The molecule has 0 saturated carbocycles. The highest BCUT2D eigenvalue weighted by Gasteiger charge is 2.19. The first kappa shape index (κ1) is 17.0. The summed E-state index contributed by atoms with van der Waals surface area (Å²) in [6.45, 7) is 4.30. The zero-order valence-electron chi connectivity index (χ0n) is 13.8. The first-order chi connectivity index (χ1) is 10.1. The Morgan fingerprint density at radius 2 is 2.05 bits per heavy atom. The van der Waals surface area contributed by atoms with Gasteiger partial charge >= 0.3 is 0 Å². The summed E-state index contributed by atoms with van der Waals surface area (Å²) in [5.41, 5.74) is 6.55. The topological polar surface area (TPSA) is 28.2 Å². The van der Waals surface area contributed by atoms with E-state index < -0.39 is 0 Å². The number of rotatable bonds is 5. The van der Waals surface area contributed by atoms with E-state index in [1.807, 2.05) is 0 Å². The van der Waals surface area contributed by atoms with Gasteiger partial charge in [-0.15, -0.1) is 12.4 Å².